The van der Waals surface area contributed by atoms with Crippen LogP contribution in [0.2, 0.25) is 0 Å². The van der Waals surface area contributed by atoms with Crippen molar-refractivity contribution in [2.45, 2.75) is 0 Å². The van der Waals surface area contributed by atoms with E-state index in [2.05, 4.69) is 5.92 Å². The van der Waals surface area contributed by atoms with Gasteiger partial charge in [0.25, 0.3) is 0 Å². The van der Waals surface area contributed by atoms with E-state index in [1.165, 1.54) is 0 Å². The summed E-state index contributed by atoms with van der Waals surface area (Å²) >= 11 is 0. The Morgan fingerprint density at radius 2 is 1.65 bits per heavy atom. The van der Waals surface area contributed by atoms with Gasteiger partial charge in [0, 0.05) is 11.5 Å². The number of terminal acetylenes is 1. The molecule has 2 rings (SSSR count). The van der Waals surface area contributed by atoms with Gasteiger partial charge in [-0.3, -0.25) is 0 Å². The van der Waals surface area contributed by atoms with Crippen molar-refractivity contribution < 1.29 is 9.47 Å². The van der Waals surface area contributed by atoms with Crippen LogP contribution in [0.4, 0.5) is 0 Å². The third-order valence-electron chi connectivity index (χ3n) is 2.65. The first kappa shape index (κ1) is 11.9. The molecule has 1 aromatic rings. The number of methoxy groups -OCH3 is 2. The van der Waals surface area contributed by atoms with Gasteiger partial charge < -0.3 is 9.47 Å². The van der Waals surface area contributed by atoms with E-state index >= 15 is 0 Å². The fourth-order valence-electron chi connectivity index (χ4n) is 1.79. The second kappa shape index (κ2) is 5.14. The molecule has 1 aromatic carbocycles. The molecule has 0 amide bonds. The highest BCUT2D eigenvalue weighted by molar-refractivity contribution is 5.62. The molecule has 0 aromatic heterocycles. The first-order valence-corrected chi connectivity index (χ1v) is 5.25. The van der Waals surface area contributed by atoms with Crippen molar-refractivity contribution in [3.05, 3.63) is 54.9 Å². The highest BCUT2D eigenvalue weighted by Crippen LogP contribution is 2.39. The molecule has 0 heterocycles. The van der Waals surface area contributed by atoms with Crippen molar-refractivity contribution in [3.63, 3.8) is 0 Å². The zero-order valence-corrected chi connectivity index (χ0v) is 9.86. The van der Waals surface area contributed by atoms with Crippen LogP contribution in [0.5, 0.6) is 11.5 Å². The summed E-state index contributed by atoms with van der Waals surface area (Å²) in [7, 11) is 3.24. The quantitative estimate of drug-likeness (QED) is 0.736. The molecule has 1 fully saturated rings. The van der Waals surface area contributed by atoms with Gasteiger partial charge in [0.05, 0.1) is 19.8 Å². The Balaban J connectivity index is 2.46. The van der Waals surface area contributed by atoms with E-state index < -0.39 is 0 Å². The second-order valence-electron chi connectivity index (χ2n) is 3.57. The lowest BCUT2D eigenvalue weighted by Gasteiger charge is -2.16. The lowest BCUT2D eigenvalue weighted by Crippen LogP contribution is -2.01. The summed E-state index contributed by atoms with van der Waals surface area (Å²) in [5.41, 5.74) is 1.67. The van der Waals surface area contributed by atoms with Crippen molar-refractivity contribution >= 4 is 0 Å². The van der Waals surface area contributed by atoms with Crippen LogP contribution in [0.1, 0.15) is 11.1 Å². The molecule has 0 saturated heterocycles. The molecule has 0 spiro atoms. The predicted molar refractivity (Wildman–Crippen MR) is 67.0 cm³/mol. The normalized spacial score (nSPS) is 15.6. The number of rotatable bonds is 3. The third-order valence-corrected chi connectivity index (χ3v) is 2.65. The molecule has 1 aliphatic carbocycles. The Kier molecular flexibility index (Phi) is 3.58. The number of ether oxygens (including phenoxy) is 2. The van der Waals surface area contributed by atoms with Gasteiger partial charge in [-0.15, -0.1) is 6.42 Å². The second-order valence-corrected chi connectivity index (χ2v) is 3.57. The largest absolute Gasteiger partial charge is 0.496 e. The smallest absolute Gasteiger partial charge is 0.135 e. The van der Waals surface area contributed by atoms with Gasteiger partial charge in [-0.05, 0) is 37.8 Å². The van der Waals surface area contributed by atoms with E-state index in [0.717, 1.165) is 17.2 Å². The van der Waals surface area contributed by atoms with Crippen molar-refractivity contribution in [1.29, 1.82) is 0 Å². The topological polar surface area (TPSA) is 18.5 Å². The molecule has 2 nitrogen and oxygen atoms in total. The van der Waals surface area contributed by atoms with Crippen LogP contribution >= 0.6 is 0 Å². The number of hydrogen-bond acceptors (Lipinski definition) is 2. The van der Waals surface area contributed by atoms with E-state index in [1.807, 2.05) is 37.8 Å². The Hall–Kier alpha value is -1.62. The fourth-order valence-corrected chi connectivity index (χ4v) is 1.79. The molecule has 17 heavy (non-hydrogen) atoms. The van der Waals surface area contributed by atoms with E-state index in [1.54, 1.807) is 14.2 Å². The van der Waals surface area contributed by atoms with Crippen molar-refractivity contribution in [3.8, 4) is 23.8 Å². The maximum absolute atomic E-state index is 5.43. The van der Waals surface area contributed by atoms with E-state index in [0.29, 0.717) is 11.3 Å². The molecule has 0 unspecified atom stereocenters. The van der Waals surface area contributed by atoms with Crippen LogP contribution in [0, 0.1) is 43.9 Å². The molecule has 0 bridgehead atoms. The van der Waals surface area contributed by atoms with E-state index in [9.17, 15) is 0 Å². The van der Waals surface area contributed by atoms with Gasteiger partial charge >= 0.3 is 0 Å². The monoisotopic (exact) mass is 225 g/mol. The highest BCUT2D eigenvalue weighted by Gasteiger charge is 2.23. The fraction of sp³-hybridized carbons (Fsp3) is 0.133. The summed E-state index contributed by atoms with van der Waals surface area (Å²) in [6, 6.07) is 3.73. The molecule has 1 aliphatic rings. The van der Waals surface area contributed by atoms with Crippen LogP contribution < -0.4 is 9.47 Å². The molecule has 5 radical (unpaired) electrons. The van der Waals surface area contributed by atoms with Gasteiger partial charge in [0.15, 0.2) is 0 Å². The summed E-state index contributed by atoms with van der Waals surface area (Å²) in [5, 5.41) is 0. The summed E-state index contributed by atoms with van der Waals surface area (Å²) in [5.74, 6) is 5.11. The summed E-state index contributed by atoms with van der Waals surface area (Å²) < 4.78 is 10.6. The minimum absolute atomic E-state index is 0.685. The number of benzene rings is 1. The molecule has 0 aliphatic heterocycles. The van der Waals surface area contributed by atoms with Crippen LogP contribution in [0.15, 0.2) is 12.1 Å². The van der Waals surface area contributed by atoms with Gasteiger partial charge in [0.2, 0.25) is 0 Å². The van der Waals surface area contributed by atoms with Crippen molar-refractivity contribution in [2.75, 3.05) is 14.2 Å². The summed E-state index contributed by atoms with van der Waals surface area (Å²) in [6.07, 6.45) is 13.4. The lowest BCUT2D eigenvalue weighted by molar-refractivity contribution is 0.399. The molecular weight excluding hydrogens is 212 g/mol. The zero-order valence-electron chi connectivity index (χ0n) is 9.86. The van der Waals surface area contributed by atoms with Crippen LogP contribution in [0.3, 0.4) is 0 Å². The SMILES string of the molecule is C#Cc1cc(OC)c([C]2[CH][CH][CH][CH]2)cc1OC. The molecule has 2 heteroatoms. The van der Waals surface area contributed by atoms with Crippen molar-refractivity contribution in [1.82, 2.24) is 0 Å². The first-order chi connectivity index (χ1) is 8.30. The molecule has 0 N–H and O–H groups in total. The molecule has 85 valence electrons. The highest BCUT2D eigenvalue weighted by atomic mass is 16.5. The minimum Gasteiger partial charge on any atom is -0.496 e. The predicted octanol–water partition coefficient (Wildman–Crippen LogP) is 2.44. The van der Waals surface area contributed by atoms with Crippen LogP contribution in [-0.4, -0.2) is 14.2 Å². The van der Waals surface area contributed by atoms with Gasteiger partial charge in [-0.2, -0.15) is 0 Å². The summed E-state index contributed by atoms with van der Waals surface area (Å²) in [6.45, 7) is 0. The van der Waals surface area contributed by atoms with Crippen LogP contribution in [-0.2, 0) is 0 Å². The van der Waals surface area contributed by atoms with Crippen molar-refractivity contribution in [2.24, 2.45) is 0 Å². The molecule has 0 atom stereocenters. The van der Waals surface area contributed by atoms with Crippen LogP contribution in [0.25, 0.3) is 0 Å². The van der Waals surface area contributed by atoms with Gasteiger partial charge in [-0.25, -0.2) is 0 Å². The van der Waals surface area contributed by atoms with E-state index in [4.69, 9.17) is 15.9 Å². The Morgan fingerprint density at radius 1 is 1.00 bits per heavy atom. The molecule has 1 saturated carbocycles. The van der Waals surface area contributed by atoms with E-state index in [-0.39, 0.29) is 0 Å². The average molecular weight is 225 g/mol. The number of hydrogen-bond donors (Lipinski definition) is 0. The maximum atomic E-state index is 5.43. The Bertz CT molecular complexity index is 437. The lowest BCUT2D eigenvalue weighted by atomic mass is 9.95. The van der Waals surface area contributed by atoms with Gasteiger partial charge in [-0.1, -0.05) is 5.92 Å². The Morgan fingerprint density at radius 3 is 2.18 bits per heavy atom. The maximum Gasteiger partial charge on any atom is 0.135 e. The van der Waals surface area contributed by atoms with Gasteiger partial charge in [0.1, 0.15) is 11.5 Å². The molecular formula is C15H13O2. The standard InChI is InChI=1S/C15H13O2/c1-4-11-9-15(17-3)13(10-14(11)16-2)12-7-5-6-8-12/h1,5-10H,2-3H3. The zero-order chi connectivity index (χ0) is 12.3. The third kappa shape index (κ3) is 2.24. The Labute approximate surface area is 103 Å². The minimum atomic E-state index is 0.685. The average Bonchev–Trinajstić information content (AvgIpc) is 2.90. The summed E-state index contributed by atoms with van der Waals surface area (Å²) in [4.78, 5) is 0. The first-order valence-electron chi connectivity index (χ1n) is 5.25.